The number of ketones is 1. The van der Waals surface area contributed by atoms with Crippen LogP contribution in [-0.4, -0.2) is 19.5 Å². The molecular formula is C8H7BrClNO3S. The van der Waals surface area contributed by atoms with Crippen LogP contribution < -0.4 is 5.14 Å². The first kappa shape index (κ1) is 12.6. The lowest BCUT2D eigenvalue weighted by molar-refractivity contribution is 0.102. The second kappa shape index (κ2) is 4.61. The average molecular weight is 313 g/mol. The number of rotatable bonds is 3. The van der Waals surface area contributed by atoms with E-state index in [1.165, 1.54) is 18.2 Å². The van der Waals surface area contributed by atoms with Crippen molar-refractivity contribution in [1.82, 2.24) is 0 Å². The third-order valence-corrected chi connectivity index (χ3v) is 3.44. The number of hydrogen-bond donors (Lipinski definition) is 1. The quantitative estimate of drug-likeness (QED) is 0.680. The van der Waals surface area contributed by atoms with E-state index in [1.54, 1.807) is 0 Å². The number of sulfonamides is 1. The summed E-state index contributed by atoms with van der Waals surface area (Å²) < 4.78 is 22.0. The molecule has 0 unspecified atom stereocenters. The minimum atomic E-state index is -3.81. The molecule has 0 aliphatic rings. The summed E-state index contributed by atoms with van der Waals surface area (Å²) in [6.45, 7) is 0. The van der Waals surface area contributed by atoms with Gasteiger partial charge in [-0.15, -0.1) is 0 Å². The van der Waals surface area contributed by atoms with Gasteiger partial charge in [-0.1, -0.05) is 27.5 Å². The lowest BCUT2D eigenvalue weighted by Crippen LogP contribution is -2.13. The minimum absolute atomic E-state index is 0.0702. The van der Waals surface area contributed by atoms with Crippen molar-refractivity contribution in [2.45, 2.75) is 4.90 Å². The predicted molar refractivity (Wildman–Crippen MR) is 60.9 cm³/mol. The van der Waals surface area contributed by atoms with Gasteiger partial charge in [-0.05, 0) is 18.2 Å². The summed E-state index contributed by atoms with van der Waals surface area (Å²) in [5, 5.41) is 5.19. The van der Waals surface area contributed by atoms with Gasteiger partial charge in [-0.2, -0.15) is 0 Å². The molecule has 0 amide bonds. The Bertz CT molecular complexity index is 501. The molecule has 7 heteroatoms. The highest BCUT2D eigenvalue weighted by molar-refractivity contribution is 9.09. The normalized spacial score (nSPS) is 11.4. The van der Waals surface area contributed by atoms with Crippen LogP contribution in [0.25, 0.3) is 0 Å². The highest BCUT2D eigenvalue weighted by Crippen LogP contribution is 2.20. The van der Waals surface area contributed by atoms with Gasteiger partial charge in [0.05, 0.1) is 15.2 Å². The van der Waals surface area contributed by atoms with E-state index in [0.29, 0.717) is 0 Å². The molecule has 0 aliphatic heterocycles. The Morgan fingerprint density at radius 1 is 1.47 bits per heavy atom. The molecule has 0 aromatic heterocycles. The first-order valence-electron chi connectivity index (χ1n) is 3.78. The summed E-state index contributed by atoms with van der Waals surface area (Å²) in [5.74, 6) is -0.300. The van der Waals surface area contributed by atoms with E-state index in [1.807, 2.05) is 0 Å². The van der Waals surface area contributed by atoms with E-state index in [0.717, 1.165) is 0 Å². The Morgan fingerprint density at radius 2 is 2.07 bits per heavy atom. The van der Waals surface area contributed by atoms with Gasteiger partial charge in [0.2, 0.25) is 10.0 Å². The van der Waals surface area contributed by atoms with Crippen molar-refractivity contribution in [2.24, 2.45) is 5.14 Å². The molecule has 0 radical (unpaired) electrons. The standard InChI is InChI=1S/C8H7BrClNO3S/c9-4-8(12)6-3-5(15(11,13)14)1-2-7(6)10/h1-3H,4H2,(H2,11,13,14). The number of benzene rings is 1. The molecule has 0 saturated heterocycles. The van der Waals surface area contributed by atoms with Gasteiger partial charge in [0, 0.05) is 5.56 Å². The zero-order valence-electron chi connectivity index (χ0n) is 7.41. The number of primary sulfonamides is 1. The SMILES string of the molecule is NS(=O)(=O)c1ccc(Cl)c(C(=O)CBr)c1. The summed E-state index contributed by atoms with van der Waals surface area (Å²) >= 11 is 8.71. The van der Waals surface area contributed by atoms with Crippen LogP contribution in [0.4, 0.5) is 0 Å². The number of carbonyl (C=O) groups is 1. The lowest BCUT2D eigenvalue weighted by Gasteiger charge is -2.03. The number of Topliss-reactive ketones (excluding diaryl/α,β-unsaturated/α-hetero) is 1. The van der Waals surface area contributed by atoms with Gasteiger partial charge in [0.15, 0.2) is 5.78 Å². The van der Waals surface area contributed by atoms with Crippen LogP contribution in [-0.2, 0) is 10.0 Å². The number of nitrogens with two attached hydrogens (primary N) is 1. The molecule has 82 valence electrons. The molecule has 1 aromatic rings. The van der Waals surface area contributed by atoms with Crippen LogP contribution in [0.2, 0.25) is 5.02 Å². The molecule has 0 bridgehead atoms. The predicted octanol–water partition coefficient (Wildman–Crippen LogP) is 1.57. The van der Waals surface area contributed by atoms with Crippen LogP contribution in [0, 0.1) is 0 Å². The van der Waals surface area contributed by atoms with Crippen molar-refractivity contribution >= 4 is 43.3 Å². The maximum absolute atomic E-state index is 11.3. The van der Waals surface area contributed by atoms with E-state index in [-0.39, 0.29) is 26.6 Å². The van der Waals surface area contributed by atoms with Gasteiger partial charge < -0.3 is 0 Å². The fraction of sp³-hybridized carbons (Fsp3) is 0.125. The Hall–Kier alpha value is -0.430. The molecule has 0 atom stereocenters. The molecule has 0 aliphatic carbocycles. The Balaban J connectivity index is 3.36. The van der Waals surface area contributed by atoms with Crippen molar-refractivity contribution in [3.8, 4) is 0 Å². The highest BCUT2D eigenvalue weighted by Gasteiger charge is 2.14. The summed E-state index contributed by atoms with van der Waals surface area (Å²) in [4.78, 5) is 11.2. The topological polar surface area (TPSA) is 77.2 Å². The van der Waals surface area contributed by atoms with Crippen LogP contribution >= 0.6 is 27.5 Å². The Morgan fingerprint density at radius 3 is 2.53 bits per heavy atom. The Labute approximate surface area is 101 Å². The largest absolute Gasteiger partial charge is 0.293 e. The van der Waals surface area contributed by atoms with Gasteiger partial charge in [-0.25, -0.2) is 13.6 Å². The van der Waals surface area contributed by atoms with Crippen molar-refractivity contribution in [2.75, 3.05) is 5.33 Å². The van der Waals surface area contributed by atoms with Gasteiger partial charge in [0.25, 0.3) is 0 Å². The molecule has 15 heavy (non-hydrogen) atoms. The Kier molecular flexibility index (Phi) is 3.88. The van der Waals surface area contributed by atoms with Gasteiger partial charge >= 0.3 is 0 Å². The van der Waals surface area contributed by atoms with E-state index >= 15 is 0 Å². The monoisotopic (exact) mass is 311 g/mol. The van der Waals surface area contributed by atoms with Crippen LogP contribution in [0.15, 0.2) is 23.1 Å². The van der Waals surface area contributed by atoms with Gasteiger partial charge in [0.1, 0.15) is 0 Å². The third-order valence-electron chi connectivity index (χ3n) is 1.69. The summed E-state index contributed by atoms with van der Waals surface area (Å²) in [7, 11) is -3.81. The highest BCUT2D eigenvalue weighted by atomic mass is 79.9. The number of carbonyl (C=O) groups excluding carboxylic acids is 1. The number of hydrogen-bond acceptors (Lipinski definition) is 3. The summed E-state index contributed by atoms with van der Waals surface area (Å²) in [5.41, 5.74) is 0.139. The fourth-order valence-corrected chi connectivity index (χ4v) is 2.03. The van der Waals surface area contributed by atoms with Crippen molar-refractivity contribution < 1.29 is 13.2 Å². The van der Waals surface area contributed by atoms with E-state index in [4.69, 9.17) is 16.7 Å². The molecular weight excluding hydrogens is 306 g/mol. The number of halogens is 2. The lowest BCUT2D eigenvalue weighted by atomic mass is 10.1. The van der Waals surface area contributed by atoms with Gasteiger partial charge in [-0.3, -0.25) is 4.79 Å². The zero-order valence-corrected chi connectivity index (χ0v) is 10.6. The van der Waals surface area contributed by atoms with E-state index in [9.17, 15) is 13.2 Å². The van der Waals surface area contributed by atoms with E-state index in [2.05, 4.69) is 15.9 Å². The van der Waals surface area contributed by atoms with Crippen LogP contribution in [0.5, 0.6) is 0 Å². The van der Waals surface area contributed by atoms with E-state index < -0.39 is 10.0 Å². The maximum atomic E-state index is 11.3. The average Bonchev–Trinajstić information content (AvgIpc) is 2.15. The molecule has 0 fully saturated rings. The molecule has 2 N–H and O–H groups in total. The van der Waals surface area contributed by atoms with Crippen molar-refractivity contribution in [3.63, 3.8) is 0 Å². The van der Waals surface area contributed by atoms with Crippen LogP contribution in [0.3, 0.4) is 0 Å². The first-order chi connectivity index (χ1) is 6.86. The molecule has 4 nitrogen and oxygen atoms in total. The molecule has 1 aromatic carbocycles. The zero-order chi connectivity index (χ0) is 11.6. The molecule has 0 saturated carbocycles. The number of alkyl halides is 1. The molecule has 0 heterocycles. The van der Waals surface area contributed by atoms with Crippen molar-refractivity contribution in [3.05, 3.63) is 28.8 Å². The fourth-order valence-electron chi connectivity index (χ4n) is 0.967. The maximum Gasteiger partial charge on any atom is 0.238 e. The van der Waals surface area contributed by atoms with Crippen molar-refractivity contribution in [1.29, 1.82) is 0 Å². The first-order valence-corrected chi connectivity index (χ1v) is 6.82. The summed E-state index contributed by atoms with van der Waals surface area (Å²) in [6.07, 6.45) is 0. The summed E-state index contributed by atoms with van der Waals surface area (Å²) in [6, 6.07) is 3.75. The smallest absolute Gasteiger partial charge is 0.238 e. The second-order valence-corrected chi connectivity index (χ2v) is 5.27. The van der Waals surface area contributed by atoms with Crippen LogP contribution in [0.1, 0.15) is 10.4 Å². The second-order valence-electron chi connectivity index (χ2n) is 2.74. The molecule has 1 rings (SSSR count). The third kappa shape index (κ3) is 3.01. The molecule has 0 spiro atoms. The minimum Gasteiger partial charge on any atom is -0.293 e.